The minimum Gasteiger partial charge on any atom is -0.323 e. The van der Waals surface area contributed by atoms with Crippen molar-refractivity contribution in [2.75, 3.05) is 23.7 Å². The van der Waals surface area contributed by atoms with E-state index in [9.17, 15) is 18.5 Å². The number of anilines is 1. The van der Waals surface area contributed by atoms with Crippen LogP contribution in [-0.2, 0) is 14.8 Å². The number of likely N-dealkylation sites (N-methyl/N-ethyl adjacent to an activating group) is 1. The monoisotopic (exact) mass is 359 g/mol. The summed E-state index contributed by atoms with van der Waals surface area (Å²) < 4.78 is 25.3. The van der Waals surface area contributed by atoms with E-state index in [2.05, 4.69) is 6.07 Å². The molecule has 0 spiro atoms. The molecule has 3 rings (SSSR count). The van der Waals surface area contributed by atoms with Gasteiger partial charge in [0.05, 0.1) is 17.5 Å². The minimum absolute atomic E-state index is 0.191. The van der Waals surface area contributed by atoms with Crippen molar-refractivity contribution in [3.8, 4) is 6.07 Å². The van der Waals surface area contributed by atoms with Gasteiger partial charge in [-0.25, -0.2) is 8.42 Å². The molecule has 0 bridgehead atoms. The van der Waals surface area contributed by atoms with Crippen LogP contribution in [0, 0.1) is 11.3 Å². The summed E-state index contributed by atoms with van der Waals surface area (Å²) >= 11 is 0. The van der Waals surface area contributed by atoms with Crippen LogP contribution in [0.5, 0.6) is 0 Å². The van der Waals surface area contributed by atoms with Crippen LogP contribution in [-0.4, -0.2) is 44.1 Å². The number of rotatable bonds is 4. The number of nitrogens with zero attached hydrogens (tertiary/aromatic N) is 3. The first-order valence-electron chi connectivity index (χ1n) is 8.36. The van der Waals surface area contributed by atoms with Crippen molar-refractivity contribution in [2.45, 2.75) is 31.2 Å². The summed E-state index contributed by atoms with van der Waals surface area (Å²) in [5.41, 5.74) is 0.799. The second-order valence-electron chi connectivity index (χ2n) is 6.56. The van der Waals surface area contributed by atoms with Gasteiger partial charge in [0.15, 0.2) is 0 Å². The molecule has 132 valence electrons. The van der Waals surface area contributed by atoms with Crippen LogP contribution in [0.1, 0.15) is 31.2 Å². The molecule has 0 N–H and O–H groups in total. The predicted molar refractivity (Wildman–Crippen MR) is 96.2 cm³/mol. The Hall–Kier alpha value is -2.33. The van der Waals surface area contributed by atoms with E-state index in [4.69, 9.17) is 0 Å². The Kier molecular flexibility index (Phi) is 4.56. The average molecular weight is 359 g/mol. The molecule has 0 atom stereocenters. The Morgan fingerprint density at radius 3 is 2.44 bits per heavy atom. The molecule has 1 heterocycles. The summed E-state index contributed by atoms with van der Waals surface area (Å²) in [6.45, 7) is 0.511. The van der Waals surface area contributed by atoms with Gasteiger partial charge in [0.1, 0.15) is 5.54 Å². The van der Waals surface area contributed by atoms with E-state index >= 15 is 0 Å². The number of benzene rings is 1. The third-order valence-corrected chi connectivity index (χ3v) is 6.93. The van der Waals surface area contributed by atoms with Crippen LogP contribution < -0.4 is 4.31 Å². The Balaban J connectivity index is 1.68. The van der Waals surface area contributed by atoms with Gasteiger partial charge >= 0.3 is 0 Å². The van der Waals surface area contributed by atoms with Gasteiger partial charge in [-0.1, -0.05) is 12.1 Å². The largest absolute Gasteiger partial charge is 0.323 e. The lowest BCUT2D eigenvalue weighted by atomic mass is 9.76. The molecule has 2 aliphatic rings. The molecule has 0 radical (unpaired) electrons. The van der Waals surface area contributed by atoms with E-state index < -0.39 is 15.6 Å². The van der Waals surface area contributed by atoms with E-state index in [1.165, 1.54) is 15.3 Å². The zero-order chi connectivity index (χ0) is 18.1. The molecule has 1 aromatic rings. The van der Waals surface area contributed by atoms with E-state index in [0.29, 0.717) is 18.7 Å². The lowest BCUT2D eigenvalue weighted by Crippen LogP contribution is -2.52. The van der Waals surface area contributed by atoms with Crippen molar-refractivity contribution >= 4 is 27.7 Å². The number of amides is 1. The number of nitriles is 1. The smallest absolute Gasteiger partial charge is 0.247 e. The van der Waals surface area contributed by atoms with Gasteiger partial charge in [-0.15, -0.1) is 0 Å². The fourth-order valence-electron chi connectivity index (χ4n) is 3.21. The highest BCUT2D eigenvalue weighted by Gasteiger charge is 2.42. The normalized spacial score (nSPS) is 20.9. The summed E-state index contributed by atoms with van der Waals surface area (Å²) in [6.07, 6.45) is 6.20. The van der Waals surface area contributed by atoms with Crippen LogP contribution in [0.15, 0.2) is 30.3 Å². The second-order valence-corrected chi connectivity index (χ2v) is 8.57. The maximum atomic E-state index is 12.3. The van der Waals surface area contributed by atoms with E-state index in [1.54, 1.807) is 37.4 Å². The summed E-state index contributed by atoms with van der Waals surface area (Å²) in [5, 5.41) is 9.30. The lowest BCUT2D eigenvalue weighted by molar-refractivity contribution is -0.130. The number of hydrogen-bond donors (Lipinski definition) is 0. The molecule has 25 heavy (non-hydrogen) atoms. The zero-order valence-electron chi connectivity index (χ0n) is 14.2. The van der Waals surface area contributed by atoms with Crippen LogP contribution in [0.3, 0.4) is 0 Å². The van der Waals surface area contributed by atoms with Crippen molar-refractivity contribution in [3.63, 3.8) is 0 Å². The number of hydrogen-bond acceptors (Lipinski definition) is 4. The number of sulfonamides is 1. The average Bonchev–Trinajstić information content (AvgIpc) is 2.91. The SMILES string of the molecule is CN(C(=O)/C=C/c1ccc(N2CCCS2(=O)=O)cc1)C1(C#N)CCC1. The quantitative estimate of drug-likeness (QED) is 0.771. The molecular weight excluding hydrogens is 338 g/mol. The molecule has 7 heteroatoms. The maximum absolute atomic E-state index is 12.3. The summed E-state index contributed by atoms with van der Waals surface area (Å²) in [5.74, 6) is -0.0108. The molecule has 1 aliphatic heterocycles. The van der Waals surface area contributed by atoms with Crippen molar-refractivity contribution in [2.24, 2.45) is 0 Å². The van der Waals surface area contributed by atoms with Gasteiger partial charge in [0.25, 0.3) is 0 Å². The van der Waals surface area contributed by atoms with Crippen molar-refractivity contribution < 1.29 is 13.2 Å². The molecule has 0 unspecified atom stereocenters. The first kappa shape index (κ1) is 17.5. The van der Waals surface area contributed by atoms with Crippen LogP contribution in [0.25, 0.3) is 6.08 Å². The van der Waals surface area contributed by atoms with Gasteiger partial charge in [-0.3, -0.25) is 9.10 Å². The molecule has 0 aromatic heterocycles. The van der Waals surface area contributed by atoms with Crippen LogP contribution in [0.4, 0.5) is 5.69 Å². The van der Waals surface area contributed by atoms with Gasteiger partial charge in [-0.2, -0.15) is 5.26 Å². The van der Waals surface area contributed by atoms with Crippen LogP contribution >= 0.6 is 0 Å². The lowest BCUT2D eigenvalue weighted by Gasteiger charge is -2.42. The summed E-state index contributed by atoms with van der Waals surface area (Å²) in [6, 6.07) is 9.32. The number of carbonyl (C=O) groups excluding carboxylic acids is 1. The predicted octanol–water partition coefficient (Wildman–Crippen LogP) is 2.14. The first-order chi connectivity index (χ1) is 11.9. The molecule has 6 nitrogen and oxygen atoms in total. The maximum Gasteiger partial charge on any atom is 0.247 e. The Morgan fingerprint density at radius 2 is 1.96 bits per heavy atom. The van der Waals surface area contributed by atoms with Crippen LogP contribution in [0.2, 0.25) is 0 Å². The van der Waals surface area contributed by atoms with E-state index in [0.717, 1.165) is 24.8 Å². The highest BCUT2D eigenvalue weighted by atomic mass is 32.2. The van der Waals surface area contributed by atoms with Gasteiger partial charge < -0.3 is 4.90 Å². The topological polar surface area (TPSA) is 81.5 Å². The molecule has 1 saturated carbocycles. The Bertz CT molecular complexity index is 833. The molecule has 1 amide bonds. The van der Waals surface area contributed by atoms with Crippen molar-refractivity contribution in [1.82, 2.24) is 4.90 Å². The number of carbonyl (C=O) groups is 1. The highest BCUT2D eigenvalue weighted by molar-refractivity contribution is 7.93. The fourth-order valence-corrected chi connectivity index (χ4v) is 4.77. The first-order valence-corrected chi connectivity index (χ1v) is 9.96. The van der Waals surface area contributed by atoms with Crippen molar-refractivity contribution in [1.29, 1.82) is 5.26 Å². The van der Waals surface area contributed by atoms with E-state index in [-0.39, 0.29) is 11.7 Å². The van der Waals surface area contributed by atoms with Gasteiger partial charge in [0.2, 0.25) is 15.9 Å². The Morgan fingerprint density at radius 1 is 1.28 bits per heavy atom. The Labute approximate surface area is 148 Å². The molecule has 2 fully saturated rings. The third-order valence-electron chi connectivity index (χ3n) is 5.06. The van der Waals surface area contributed by atoms with Gasteiger partial charge in [-0.05, 0) is 49.5 Å². The zero-order valence-corrected chi connectivity index (χ0v) is 15.0. The molecule has 1 saturated heterocycles. The standard InChI is InChI=1S/C18H21N3O3S/c1-20(18(14-19)10-2-11-18)17(22)9-6-15-4-7-16(8-5-15)21-12-3-13-25(21,23)24/h4-9H,2-3,10-13H2,1H3/b9-6+. The molecule has 1 aliphatic carbocycles. The van der Waals surface area contributed by atoms with Crippen molar-refractivity contribution in [3.05, 3.63) is 35.9 Å². The summed E-state index contributed by atoms with van der Waals surface area (Å²) in [7, 11) is -1.52. The van der Waals surface area contributed by atoms with Gasteiger partial charge in [0, 0.05) is 19.7 Å². The second kappa shape index (κ2) is 6.52. The fraction of sp³-hybridized carbons (Fsp3) is 0.444. The minimum atomic E-state index is -3.18. The highest BCUT2D eigenvalue weighted by Crippen LogP contribution is 2.36. The van der Waals surface area contributed by atoms with E-state index in [1.807, 2.05) is 0 Å². The third kappa shape index (κ3) is 3.27. The summed E-state index contributed by atoms with van der Waals surface area (Å²) in [4.78, 5) is 13.8. The molecule has 1 aromatic carbocycles. The molecular formula is C18H21N3O3S.